The first kappa shape index (κ1) is 17.9. The Morgan fingerprint density at radius 2 is 1.81 bits per heavy atom. The molecule has 1 aliphatic rings. The van der Waals surface area contributed by atoms with Crippen LogP contribution in [0.2, 0.25) is 0 Å². The van der Waals surface area contributed by atoms with E-state index in [-0.39, 0.29) is 9.79 Å². The molecule has 2 aromatic carbocycles. The number of sulfone groups is 1. The van der Waals surface area contributed by atoms with E-state index < -0.39 is 9.84 Å². The van der Waals surface area contributed by atoms with Crippen LogP contribution in [0.25, 0.3) is 10.9 Å². The van der Waals surface area contributed by atoms with Crippen LogP contribution in [0.5, 0.6) is 0 Å². The lowest BCUT2D eigenvalue weighted by atomic mass is 10.1. The summed E-state index contributed by atoms with van der Waals surface area (Å²) in [4.78, 5) is 7.42. The Kier molecular flexibility index (Phi) is 4.61. The van der Waals surface area contributed by atoms with Crippen molar-refractivity contribution in [2.45, 2.75) is 35.7 Å². The second kappa shape index (κ2) is 6.94. The molecule has 0 spiro atoms. The van der Waals surface area contributed by atoms with Crippen LogP contribution in [0.4, 0.5) is 5.69 Å². The van der Waals surface area contributed by atoms with Crippen molar-refractivity contribution in [1.82, 2.24) is 10.3 Å². The minimum atomic E-state index is -3.57. The fourth-order valence-electron chi connectivity index (χ4n) is 3.60. The van der Waals surface area contributed by atoms with Gasteiger partial charge >= 0.3 is 0 Å². The first-order chi connectivity index (χ1) is 13.0. The molecule has 6 heteroatoms. The van der Waals surface area contributed by atoms with Gasteiger partial charge in [0.25, 0.3) is 0 Å². The van der Waals surface area contributed by atoms with E-state index in [2.05, 4.69) is 35.1 Å². The van der Waals surface area contributed by atoms with E-state index in [1.165, 1.54) is 6.20 Å². The summed E-state index contributed by atoms with van der Waals surface area (Å²) in [6.45, 7) is 6.16. The number of para-hydroxylation sites is 1. The van der Waals surface area contributed by atoms with Gasteiger partial charge in [-0.05, 0) is 38.1 Å². The zero-order valence-corrected chi connectivity index (χ0v) is 16.3. The largest absolute Gasteiger partial charge is 0.364 e. The van der Waals surface area contributed by atoms with E-state index in [4.69, 9.17) is 0 Å². The molecule has 0 saturated carbocycles. The summed E-state index contributed by atoms with van der Waals surface area (Å²) in [6, 6.07) is 16.9. The number of nitrogens with zero attached hydrogens (tertiary/aromatic N) is 2. The number of aromatic nitrogens is 1. The molecule has 2 atom stereocenters. The van der Waals surface area contributed by atoms with Crippen molar-refractivity contribution in [1.29, 1.82) is 0 Å². The van der Waals surface area contributed by atoms with Gasteiger partial charge in [-0.25, -0.2) is 8.42 Å². The molecule has 0 radical (unpaired) electrons. The van der Waals surface area contributed by atoms with E-state index in [1.807, 2.05) is 12.1 Å². The molecular formula is C21H23N3O2S. The van der Waals surface area contributed by atoms with E-state index in [1.54, 1.807) is 36.4 Å². The van der Waals surface area contributed by atoms with Gasteiger partial charge in [-0.2, -0.15) is 0 Å². The van der Waals surface area contributed by atoms with Gasteiger partial charge in [-0.3, -0.25) is 4.98 Å². The van der Waals surface area contributed by atoms with Crippen molar-refractivity contribution in [3.05, 3.63) is 60.8 Å². The number of anilines is 1. The molecule has 5 nitrogen and oxygen atoms in total. The molecular weight excluding hydrogens is 358 g/mol. The summed E-state index contributed by atoms with van der Waals surface area (Å²) in [5, 5.41) is 4.32. The fraction of sp³-hybridized carbons (Fsp3) is 0.286. The summed E-state index contributed by atoms with van der Waals surface area (Å²) in [5.74, 6) is 0. The summed E-state index contributed by atoms with van der Waals surface area (Å²) in [6.07, 6.45) is 1.48. The number of piperazine rings is 1. The maximum absolute atomic E-state index is 12.9. The lowest BCUT2D eigenvalue weighted by molar-refractivity contribution is 0.426. The number of hydrogen-bond donors (Lipinski definition) is 1. The second-order valence-corrected chi connectivity index (χ2v) is 9.10. The summed E-state index contributed by atoms with van der Waals surface area (Å²) < 4.78 is 25.8. The highest BCUT2D eigenvalue weighted by Gasteiger charge is 2.25. The number of benzene rings is 2. The minimum Gasteiger partial charge on any atom is -0.364 e. The summed E-state index contributed by atoms with van der Waals surface area (Å²) in [5.41, 5.74) is 1.89. The Hall–Kier alpha value is -2.44. The van der Waals surface area contributed by atoms with E-state index in [0.29, 0.717) is 12.1 Å². The van der Waals surface area contributed by atoms with Crippen LogP contribution in [-0.2, 0) is 9.84 Å². The smallest absolute Gasteiger partial charge is 0.208 e. The van der Waals surface area contributed by atoms with Crippen molar-refractivity contribution in [3.8, 4) is 0 Å². The van der Waals surface area contributed by atoms with Gasteiger partial charge in [0, 0.05) is 36.8 Å². The lowest BCUT2D eigenvalue weighted by Gasteiger charge is -2.39. The van der Waals surface area contributed by atoms with E-state index in [9.17, 15) is 8.42 Å². The first-order valence-electron chi connectivity index (χ1n) is 9.16. The third kappa shape index (κ3) is 3.31. The zero-order chi connectivity index (χ0) is 19.0. The molecule has 0 unspecified atom stereocenters. The molecule has 1 saturated heterocycles. The standard InChI is InChI=1S/C21H23N3O2S/c1-15-14-24(16(2)12-22-15)20-10-6-7-17-11-19(13-23-21(17)20)27(25,26)18-8-4-3-5-9-18/h3-11,13,15-16,22H,12,14H2,1-2H3/t15-,16+/m0/s1. The number of nitrogens with one attached hydrogen (secondary N) is 1. The SMILES string of the molecule is C[C@@H]1CN[C@@H](C)CN1c1cccc2cc(S(=O)(=O)c3ccccc3)cnc12. The molecule has 4 rings (SSSR count). The number of fused-ring (bicyclic) bond motifs is 1. The van der Waals surface area contributed by atoms with Gasteiger partial charge in [0.05, 0.1) is 21.0 Å². The predicted molar refractivity (Wildman–Crippen MR) is 108 cm³/mol. The Morgan fingerprint density at radius 1 is 1.04 bits per heavy atom. The average molecular weight is 382 g/mol. The van der Waals surface area contributed by atoms with Crippen LogP contribution in [0.1, 0.15) is 13.8 Å². The van der Waals surface area contributed by atoms with Crippen molar-refractivity contribution in [2.75, 3.05) is 18.0 Å². The van der Waals surface area contributed by atoms with Crippen molar-refractivity contribution < 1.29 is 8.42 Å². The molecule has 3 aromatic rings. The molecule has 0 aliphatic carbocycles. The normalized spacial score (nSPS) is 20.7. The van der Waals surface area contributed by atoms with Gasteiger partial charge < -0.3 is 10.2 Å². The third-order valence-corrected chi connectivity index (χ3v) is 6.84. The van der Waals surface area contributed by atoms with Crippen LogP contribution < -0.4 is 10.2 Å². The summed E-state index contributed by atoms with van der Waals surface area (Å²) in [7, 11) is -3.57. The Morgan fingerprint density at radius 3 is 2.59 bits per heavy atom. The lowest BCUT2D eigenvalue weighted by Crippen LogP contribution is -2.54. The topological polar surface area (TPSA) is 62.3 Å². The van der Waals surface area contributed by atoms with E-state index in [0.717, 1.165) is 29.7 Å². The molecule has 140 valence electrons. The van der Waals surface area contributed by atoms with Crippen LogP contribution in [0.3, 0.4) is 0 Å². The van der Waals surface area contributed by atoms with Crippen molar-refractivity contribution >= 4 is 26.4 Å². The molecule has 1 fully saturated rings. The predicted octanol–water partition coefficient (Wildman–Crippen LogP) is 3.25. The number of hydrogen-bond acceptors (Lipinski definition) is 5. The molecule has 27 heavy (non-hydrogen) atoms. The Balaban J connectivity index is 1.79. The maximum atomic E-state index is 12.9. The van der Waals surface area contributed by atoms with E-state index >= 15 is 0 Å². The fourth-order valence-corrected chi connectivity index (χ4v) is 4.86. The zero-order valence-electron chi connectivity index (χ0n) is 15.5. The number of pyridine rings is 1. The maximum Gasteiger partial charge on any atom is 0.208 e. The van der Waals surface area contributed by atoms with Crippen molar-refractivity contribution in [3.63, 3.8) is 0 Å². The van der Waals surface area contributed by atoms with Gasteiger partial charge in [0.1, 0.15) is 0 Å². The van der Waals surface area contributed by atoms with Gasteiger partial charge in [0.2, 0.25) is 9.84 Å². The van der Waals surface area contributed by atoms with Crippen molar-refractivity contribution in [2.24, 2.45) is 0 Å². The van der Waals surface area contributed by atoms with Crippen LogP contribution in [0.15, 0.2) is 70.6 Å². The van der Waals surface area contributed by atoms with Crippen LogP contribution in [-0.4, -0.2) is 38.6 Å². The van der Waals surface area contributed by atoms with Gasteiger partial charge in [-0.15, -0.1) is 0 Å². The highest BCUT2D eigenvalue weighted by Crippen LogP contribution is 2.30. The monoisotopic (exact) mass is 381 g/mol. The molecule has 2 heterocycles. The summed E-state index contributed by atoms with van der Waals surface area (Å²) >= 11 is 0. The molecule has 1 N–H and O–H groups in total. The molecule has 1 aliphatic heterocycles. The Labute approximate surface area is 160 Å². The van der Waals surface area contributed by atoms with Gasteiger partial charge in [-0.1, -0.05) is 30.3 Å². The highest BCUT2D eigenvalue weighted by atomic mass is 32.2. The van der Waals surface area contributed by atoms with Crippen LogP contribution >= 0.6 is 0 Å². The molecule has 0 bridgehead atoms. The second-order valence-electron chi connectivity index (χ2n) is 7.15. The van der Waals surface area contributed by atoms with Crippen LogP contribution in [0, 0.1) is 0 Å². The van der Waals surface area contributed by atoms with Gasteiger partial charge in [0.15, 0.2) is 0 Å². The molecule has 0 amide bonds. The third-order valence-electron chi connectivity index (χ3n) is 5.10. The quantitative estimate of drug-likeness (QED) is 0.755. The minimum absolute atomic E-state index is 0.222. The molecule has 1 aromatic heterocycles. The highest BCUT2D eigenvalue weighted by molar-refractivity contribution is 7.91. The number of rotatable bonds is 3. The first-order valence-corrected chi connectivity index (χ1v) is 10.6. The average Bonchev–Trinajstić information content (AvgIpc) is 2.69. The Bertz CT molecular complexity index is 1070.